The molecule has 0 bridgehead atoms. The highest BCUT2D eigenvalue weighted by atomic mass is 19.1. The molecule has 0 spiro atoms. The summed E-state index contributed by atoms with van der Waals surface area (Å²) in [5.41, 5.74) is -0.968. The van der Waals surface area contributed by atoms with Crippen molar-refractivity contribution < 1.29 is 23.5 Å². The number of aromatic nitrogens is 1. The Morgan fingerprint density at radius 1 is 1.37 bits per heavy atom. The number of rotatable bonds is 7. The number of aldehydes is 1. The molecule has 0 unspecified atom stereocenters. The molecule has 1 aromatic carbocycles. The van der Waals surface area contributed by atoms with E-state index in [-0.39, 0.29) is 35.3 Å². The van der Waals surface area contributed by atoms with Crippen LogP contribution in [0.15, 0.2) is 23.0 Å². The van der Waals surface area contributed by atoms with Crippen molar-refractivity contribution in [3.05, 3.63) is 62.6 Å². The smallest absolute Gasteiger partial charge is 0.257 e. The predicted molar refractivity (Wildman–Crippen MR) is 106 cm³/mol. The summed E-state index contributed by atoms with van der Waals surface area (Å²) < 4.78 is 28.5. The van der Waals surface area contributed by atoms with Gasteiger partial charge in [0.2, 0.25) is 5.43 Å². The minimum atomic E-state index is -0.948. The van der Waals surface area contributed by atoms with Crippen LogP contribution in [0.1, 0.15) is 64.3 Å². The van der Waals surface area contributed by atoms with Gasteiger partial charge in [-0.1, -0.05) is 13.0 Å². The van der Waals surface area contributed by atoms with Crippen molar-refractivity contribution in [3.8, 4) is 5.75 Å². The van der Waals surface area contributed by atoms with Gasteiger partial charge in [-0.2, -0.15) is 0 Å². The molecule has 3 N–H and O–H groups in total. The largest absolute Gasteiger partial charge is 0.503 e. The molecule has 160 valence electrons. The van der Waals surface area contributed by atoms with Crippen LogP contribution in [-0.2, 0) is 6.54 Å². The highest BCUT2D eigenvalue weighted by Crippen LogP contribution is 2.39. The zero-order valence-corrected chi connectivity index (χ0v) is 16.7. The van der Waals surface area contributed by atoms with Gasteiger partial charge in [0.05, 0.1) is 0 Å². The van der Waals surface area contributed by atoms with Crippen LogP contribution in [0.25, 0.3) is 0 Å². The topological polar surface area (TPSA) is 100 Å². The fraction of sp³-hybridized carbons (Fsp3) is 0.381. The van der Waals surface area contributed by atoms with Gasteiger partial charge in [0, 0.05) is 42.4 Å². The monoisotopic (exact) mass is 419 g/mol. The average Bonchev–Trinajstić information content (AvgIpc) is 3.02. The molecule has 7 nitrogen and oxygen atoms in total. The highest BCUT2D eigenvalue weighted by Gasteiger charge is 2.37. The van der Waals surface area contributed by atoms with E-state index >= 15 is 0 Å². The van der Waals surface area contributed by atoms with Crippen LogP contribution in [0.2, 0.25) is 0 Å². The van der Waals surface area contributed by atoms with Crippen LogP contribution >= 0.6 is 0 Å². The third kappa shape index (κ3) is 3.85. The number of hydrogen-bond acceptors (Lipinski definition) is 5. The van der Waals surface area contributed by atoms with E-state index in [0.717, 1.165) is 6.07 Å². The van der Waals surface area contributed by atoms with Gasteiger partial charge in [-0.05, 0) is 26.0 Å². The Hall–Kier alpha value is -3.07. The average molecular weight is 419 g/mol. The van der Waals surface area contributed by atoms with Crippen LogP contribution in [0.5, 0.6) is 5.75 Å². The quantitative estimate of drug-likeness (QED) is 0.598. The molecule has 0 radical (unpaired) electrons. The first-order valence-corrected chi connectivity index (χ1v) is 9.69. The lowest BCUT2D eigenvalue weighted by atomic mass is 9.97. The molecule has 2 heterocycles. The van der Waals surface area contributed by atoms with E-state index in [4.69, 9.17) is 0 Å². The number of hydrogen-bond donors (Lipinski definition) is 3. The van der Waals surface area contributed by atoms with Gasteiger partial charge < -0.3 is 20.3 Å². The SMILES string of the molecule is CCNC[C@H]1C[C@H](C)n2c(C=O)c(O)c(=O)c(C(=O)NCc3ccc(F)cc3F)c21. The molecule has 1 amide bonds. The van der Waals surface area contributed by atoms with Gasteiger partial charge >= 0.3 is 0 Å². The molecule has 2 aromatic rings. The molecule has 3 rings (SSSR count). The molecule has 0 saturated carbocycles. The van der Waals surface area contributed by atoms with Crippen LogP contribution in [0.4, 0.5) is 8.78 Å². The van der Waals surface area contributed by atoms with E-state index in [1.54, 1.807) is 0 Å². The summed E-state index contributed by atoms with van der Waals surface area (Å²) in [6.07, 6.45) is 0.978. The normalized spacial score (nSPS) is 17.6. The number of likely N-dealkylation sites (N-methyl/N-ethyl adjacent to an activating group) is 1. The first kappa shape index (κ1) is 21.6. The zero-order valence-electron chi connectivity index (χ0n) is 16.7. The standard InChI is InChI=1S/C21H23F2N3O4/c1-3-24-8-13-6-11(2)26-16(10-27)19(28)20(29)17(18(13)26)21(30)25-9-12-4-5-14(22)7-15(12)23/h4-5,7,10-11,13,24,28H,3,6,8-9H2,1-2H3,(H,25,30)/t11-,13+/m0/s1. The molecule has 9 heteroatoms. The molecule has 2 atom stereocenters. The summed E-state index contributed by atoms with van der Waals surface area (Å²) in [5, 5.41) is 15.9. The molecule has 1 aliphatic heterocycles. The number of aromatic hydroxyl groups is 1. The number of carbonyl (C=O) groups excluding carboxylic acids is 2. The van der Waals surface area contributed by atoms with Crippen molar-refractivity contribution in [3.63, 3.8) is 0 Å². The Labute approximate surface area is 171 Å². The van der Waals surface area contributed by atoms with Crippen LogP contribution in [0.3, 0.4) is 0 Å². The maximum Gasteiger partial charge on any atom is 0.257 e. The number of carbonyl (C=O) groups is 2. The molecule has 0 aliphatic carbocycles. The van der Waals surface area contributed by atoms with E-state index in [0.29, 0.717) is 37.6 Å². The first-order valence-electron chi connectivity index (χ1n) is 9.69. The van der Waals surface area contributed by atoms with Crippen LogP contribution < -0.4 is 16.1 Å². The lowest BCUT2D eigenvalue weighted by Gasteiger charge is -2.19. The summed E-state index contributed by atoms with van der Waals surface area (Å²) in [6, 6.07) is 2.75. The Balaban J connectivity index is 2.03. The summed E-state index contributed by atoms with van der Waals surface area (Å²) in [6.45, 7) is 4.65. The maximum absolute atomic E-state index is 13.9. The van der Waals surface area contributed by atoms with Gasteiger partial charge in [-0.25, -0.2) is 8.78 Å². The Bertz CT molecular complexity index is 1050. The summed E-state index contributed by atoms with van der Waals surface area (Å²) in [4.78, 5) is 37.2. The van der Waals surface area contributed by atoms with E-state index in [2.05, 4.69) is 10.6 Å². The van der Waals surface area contributed by atoms with Gasteiger partial charge in [0.25, 0.3) is 5.91 Å². The number of halogens is 2. The van der Waals surface area contributed by atoms with E-state index in [9.17, 15) is 28.3 Å². The Morgan fingerprint density at radius 2 is 2.10 bits per heavy atom. The Morgan fingerprint density at radius 3 is 2.73 bits per heavy atom. The summed E-state index contributed by atoms with van der Waals surface area (Å²) in [7, 11) is 0. The second-order valence-corrected chi connectivity index (χ2v) is 7.32. The third-order valence-electron chi connectivity index (χ3n) is 5.35. The second-order valence-electron chi connectivity index (χ2n) is 7.32. The van der Waals surface area contributed by atoms with Gasteiger partial charge in [-0.3, -0.25) is 14.4 Å². The van der Waals surface area contributed by atoms with E-state index in [1.807, 2.05) is 13.8 Å². The molecular weight excluding hydrogens is 396 g/mol. The molecule has 0 saturated heterocycles. The second kappa shape index (κ2) is 8.74. The molecule has 1 aliphatic rings. The highest BCUT2D eigenvalue weighted by molar-refractivity contribution is 5.97. The lowest BCUT2D eigenvalue weighted by Crippen LogP contribution is -2.33. The summed E-state index contributed by atoms with van der Waals surface area (Å²) >= 11 is 0. The minimum Gasteiger partial charge on any atom is -0.503 e. The van der Waals surface area contributed by atoms with Gasteiger partial charge in [-0.15, -0.1) is 0 Å². The number of fused-ring (bicyclic) bond motifs is 1. The van der Waals surface area contributed by atoms with E-state index < -0.39 is 28.7 Å². The fourth-order valence-electron chi connectivity index (χ4n) is 3.98. The van der Waals surface area contributed by atoms with Gasteiger partial charge in [0.15, 0.2) is 12.0 Å². The number of amides is 1. The first-order chi connectivity index (χ1) is 14.3. The molecule has 1 aromatic heterocycles. The van der Waals surface area contributed by atoms with Crippen molar-refractivity contribution in [1.82, 2.24) is 15.2 Å². The van der Waals surface area contributed by atoms with Gasteiger partial charge in [0.1, 0.15) is 22.9 Å². The lowest BCUT2D eigenvalue weighted by molar-refractivity contribution is 0.0945. The van der Waals surface area contributed by atoms with Crippen LogP contribution in [0, 0.1) is 11.6 Å². The summed E-state index contributed by atoms with van der Waals surface area (Å²) in [5.74, 6) is -3.38. The zero-order chi connectivity index (χ0) is 22.0. The minimum absolute atomic E-state index is 0.0489. The van der Waals surface area contributed by atoms with Crippen molar-refractivity contribution in [2.75, 3.05) is 13.1 Å². The van der Waals surface area contributed by atoms with Crippen molar-refractivity contribution in [1.29, 1.82) is 0 Å². The molecule has 30 heavy (non-hydrogen) atoms. The molecular formula is C21H23F2N3O4. The number of benzene rings is 1. The molecule has 0 fully saturated rings. The van der Waals surface area contributed by atoms with Crippen molar-refractivity contribution in [2.45, 2.75) is 38.8 Å². The third-order valence-corrected chi connectivity index (χ3v) is 5.35. The van der Waals surface area contributed by atoms with Crippen LogP contribution in [-0.4, -0.2) is 35.0 Å². The number of nitrogens with zero attached hydrogens (tertiary/aromatic N) is 1. The van der Waals surface area contributed by atoms with E-state index in [1.165, 1.54) is 10.6 Å². The number of nitrogens with one attached hydrogen (secondary N) is 2. The fourth-order valence-corrected chi connectivity index (χ4v) is 3.98. The van der Waals surface area contributed by atoms with Crippen molar-refractivity contribution >= 4 is 12.2 Å². The maximum atomic E-state index is 13.9. The van der Waals surface area contributed by atoms with Crippen molar-refractivity contribution in [2.24, 2.45) is 0 Å². The Kier molecular flexibility index (Phi) is 6.31. The predicted octanol–water partition coefficient (Wildman–Crippen LogP) is 2.23. The number of pyridine rings is 1.